The molecule has 106 valence electrons. The fraction of sp³-hybridized carbons (Fsp3) is 0.417. The molecule has 0 fully saturated rings. The van der Waals surface area contributed by atoms with Crippen molar-refractivity contribution in [1.29, 1.82) is 0 Å². The topological polar surface area (TPSA) is 92.7 Å². The highest BCUT2D eigenvalue weighted by molar-refractivity contribution is 7.92. The highest BCUT2D eigenvalue weighted by atomic mass is 32.2. The summed E-state index contributed by atoms with van der Waals surface area (Å²) >= 11 is 0. The molecule has 0 radical (unpaired) electrons. The Balaban J connectivity index is 2.59. The molecule has 0 aliphatic heterocycles. The summed E-state index contributed by atoms with van der Waals surface area (Å²) in [6.45, 7) is 0.0458. The Morgan fingerprint density at radius 2 is 1.95 bits per heavy atom. The lowest BCUT2D eigenvalue weighted by Gasteiger charge is -2.08. The summed E-state index contributed by atoms with van der Waals surface area (Å²) in [4.78, 5) is 10.9. The van der Waals surface area contributed by atoms with Crippen molar-refractivity contribution in [2.24, 2.45) is 0 Å². The number of ether oxygens (including phenoxy) is 1. The number of rotatable bonds is 7. The normalized spacial score (nSPS) is 11.1. The molecule has 0 saturated heterocycles. The standard InChI is InChI=1S/C12H17NO5S/c1-18-12(15)7-9-19(16,17)13-11-4-2-10(3-5-11)6-8-14/h2-5,13-14H,6-9H2,1H3. The Bertz CT molecular complexity index is 509. The molecule has 0 atom stereocenters. The van der Waals surface area contributed by atoms with E-state index in [1.165, 1.54) is 7.11 Å². The minimum atomic E-state index is -3.57. The van der Waals surface area contributed by atoms with E-state index in [0.29, 0.717) is 12.1 Å². The van der Waals surface area contributed by atoms with Gasteiger partial charge in [0, 0.05) is 12.3 Å². The Hall–Kier alpha value is -1.60. The molecule has 0 aromatic heterocycles. The highest BCUT2D eigenvalue weighted by Gasteiger charge is 2.13. The zero-order valence-electron chi connectivity index (χ0n) is 10.6. The van der Waals surface area contributed by atoms with E-state index in [1.807, 2.05) is 0 Å². The van der Waals surface area contributed by atoms with Crippen LogP contribution in [0.3, 0.4) is 0 Å². The van der Waals surface area contributed by atoms with Gasteiger partial charge in [-0.3, -0.25) is 9.52 Å². The molecule has 1 rings (SSSR count). The first-order chi connectivity index (χ1) is 8.96. The number of benzene rings is 1. The van der Waals surface area contributed by atoms with E-state index < -0.39 is 16.0 Å². The van der Waals surface area contributed by atoms with Crippen LogP contribution in [-0.4, -0.2) is 39.0 Å². The third-order valence-electron chi connectivity index (χ3n) is 2.43. The van der Waals surface area contributed by atoms with Gasteiger partial charge in [-0.25, -0.2) is 8.42 Å². The van der Waals surface area contributed by atoms with Gasteiger partial charge < -0.3 is 9.84 Å². The molecule has 1 aromatic carbocycles. The molecule has 0 saturated carbocycles. The second kappa shape index (κ2) is 7.10. The van der Waals surface area contributed by atoms with Gasteiger partial charge in [-0.05, 0) is 24.1 Å². The minimum Gasteiger partial charge on any atom is -0.469 e. The Morgan fingerprint density at radius 3 is 2.47 bits per heavy atom. The summed E-state index contributed by atoms with van der Waals surface area (Å²) < 4.78 is 30.1. The molecule has 1 aromatic rings. The summed E-state index contributed by atoms with van der Waals surface area (Å²) in [6, 6.07) is 6.68. The smallest absolute Gasteiger partial charge is 0.306 e. The van der Waals surface area contributed by atoms with Crippen molar-refractivity contribution in [2.75, 3.05) is 24.2 Å². The van der Waals surface area contributed by atoms with E-state index >= 15 is 0 Å². The van der Waals surface area contributed by atoms with Gasteiger partial charge in [-0.1, -0.05) is 12.1 Å². The molecule has 0 spiro atoms. The van der Waals surface area contributed by atoms with Crippen LogP contribution in [0.15, 0.2) is 24.3 Å². The van der Waals surface area contributed by atoms with Crippen molar-refractivity contribution in [1.82, 2.24) is 0 Å². The van der Waals surface area contributed by atoms with E-state index in [1.54, 1.807) is 24.3 Å². The van der Waals surface area contributed by atoms with Gasteiger partial charge in [0.2, 0.25) is 10.0 Å². The zero-order valence-corrected chi connectivity index (χ0v) is 11.4. The molecule has 2 N–H and O–H groups in total. The molecule has 0 heterocycles. The van der Waals surface area contributed by atoms with Crippen LogP contribution in [0.1, 0.15) is 12.0 Å². The number of hydrogen-bond donors (Lipinski definition) is 2. The molecule has 6 nitrogen and oxygen atoms in total. The van der Waals surface area contributed by atoms with Crippen molar-refractivity contribution in [3.8, 4) is 0 Å². The molecular weight excluding hydrogens is 270 g/mol. The number of hydrogen-bond acceptors (Lipinski definition) is 5. The van der Waals surface area contributed by atoms with Gasteiger partial charge in [-0.15, -0.1) is 0 Å². The van der Waals surface area contributed by atoms with E-state index in [4.69, 9.17) is 5.11 Å². The number of nitrogens with one attached hydrogen (secondary N) is 1. The number of esters is 1. The molecule has 0 aliphatic carbocycles. The average molecular weight is 287 g/mol. The number of anilines is 1. The Morgan fingerprint density at radius 1 is 1.32 bits per heavy atom. The summed E-state index contributed by atoms with van der Waals surface area (Å²) in [5.41, 5.74) is 1.34. The molecule has 0 amide bonds. The van der Waals surface area contributed by atoms with E-state index in [2.05, 4.69) is 9.46 Å². The number of carbonyl (C=O) groups is 1. The fourth-order valence-electron chi connectivity index (χ4n) is 1.42. The van der Waals surface area contributed by atoms with Crippen LogP contribution >= 0.6 is 0 Å². The van der Waals surface area contributed by atoms with Gasteiger partial charge >= 0.3 is 5.97 Å². The van der Waals surface area contributed by atoms with Crippen molar-refractivity contribution in [2.45, 2.75) is 12.8 Å². The van der Waals surface area contributed by atoms with Crippen LogP contribution in [-0.2, 0) is 26.0 Å². The van der Waals surface area contributed by atoms with Crippen LogP contribution in [0, 0.1) is 0 Å². The summed E-state index contributed by atoms with van der Waals surface area (Å²) in [6.07, 6.45) is 0.337. The first-order valence-electron chi connectivity index (χ1n) is 5.74. The molecule has 19 heavy (non-hydrogen) atoms. The van der Waals surface area contributed by atoms with Gasteiger partial charge in [-0.2, -0.15) is 0 Å². The summed E-state index contributed by atoms with van der Waals surface area (Å²) in [5, 5.41) is 8.77. The predicted molar refractivity (Wildman–Crippen MR) is 71.3 cm³/mol. The van der Waals surface area contributed by atoms with Crippen molar-refractivity contribution < 1.29 is 23.1 Å². The van der Waals surface area contributed by atoms with Crippen LogP contribution < -0.4 is 4.72 Å². The lowest BCUT2D eigenvalue weighted by molar-refractivity contribution is -0.140. The second-order valence-electron chi connectivity index (χ2n) is 3.92. The summed E-state index contributed by atoms with van der Waals surface area (Å²) in [5.74, 6) is -0.887. The largest absolute Gasteiger partial charge is 0.469 e. The van der Waals surface area contributed by atoms with Gasteiger partial charge in [0.25, 0.3) is 0 Å². The van der Waals surface area contributed by atoms with Gasteiger partial charge in [0.15, 0.2) is 0 Å². The Labute approximate surface area is 112 Å². The third kappa shape index (κ3) is 5.71. The first-order valence-corrected chi connectivity index (χ1v) is 7.39. The minimum absolute atomic E-state index is 0.0458. The van der Waals surface area contributed by atoms with Gasteiger partial charge in [0.05, 0.1) is 19.3 Å². The molecule has 0 unspecified atom stereocenters. The van der Waals surface area contributed by atoms with E-state index in [0.717, 1.165) is 5.56 Å². The monoisotopic (exact) mass is 287 g/mol. The van der Waals surface area contributed by atoms with Crippen molar-refractivity contribution in [3.05, 3.63) is 29.8 Å². The lowest BCUT2D eigenvalue weighted by atomic mass is 10.1. The average Bonchev–Trinajstić information content (AvgIpc) is 2.38. The van der Waals surface area contributed by atoms with Crippen molar-refractivity contribution >= 4 is 21.7 Å². The maximum atomic E-state index is 11.7. The van der Waals surface area contributed by atoms with Gasteiger partial charge in [0.1, 0.15) is 0 Å². The first kappa shape index (κ1) is 15.5. The highest BCUT2D eigenvalue weighted by Crippen LogP contribution is 2.12. The Kier molecular flexibility index (Phi) is 5.78. The summed E-state index contributed by atoms with van der Waals surface area (Å²) in [7, 11) is -2.35. The van der Waals surface area contributed by atoms with Crippen LogP contribution in [0.5, 0.6) is 0 Å². The lowest BCUT2D eigenvalue weighted by Crippen LogP contribution is -2.19. The van der Waals surface area contributed by atoms with Crippen molar-refractivity contribution in [3.63, 3.8) is 0 Å². The molecule has 7 heteroatoms. The molecule has 0 bridgehead atoms. The predicted octanol–water partition coefficient (Wildman–Crippen LogP) is 0.526. The molecule has 0 aliphatic rings. The number of aliphatic hydroxyl groups excluding tert-OH is 1. The maximum absolute atomic E-state index is 11.7. The van der Waals surface area contributed by atoms with E-state index in [9.17, 15) is 13.2 Å². The van der Waals surface area contributed by atoms with E-state index in [-0.39, 0.29) is 18.8 Å². The molecular formula is C12H17NO5S. The number of sulfonamides is 1. The van der Waals surface area contributed by atoms with Crippen LogP contribution in [0.4, 0.5) is 5.69 Å². The second-order valence-corrected chi connectivity index (χ2v) is 5.76. The maximum Gasteiger partial charge on any atom is 0.306 e. The fourth-order valence-corrected chi connectivity index (χ4v) is 2.45. The third-order valence-corrected chi connectivity index (χ3v) is 3.72. The van der Waals surface area contributed by atoms with Crippen LogP contribution in [0.25, 0.3) is 0 Å². The SMILES string of the molecule is COC(=O)CCS(=O)(=O)Nc1ccc(CCO)cc1. The quantitative estimate of drug-likeness (QED) is 0.713. The van der Waals surface area contributed by atoms with Crippen LogP contribution in [0.2, 0.25) is 0 Å². The number of carbonyl (C=O) groups excluding carboxylic acids is 1. The number of methoxy groups -OCH3 is 1. The zero-order chi connectivity index (χ0) is 14.3. The number of aliphatic hydroxyl groups is 1.